The number of ether oxygens (including phenoxy) is 1. The first-order chi connectivity index (χ1) is 16.9. The molecule has 0 heterocycles. The minimum absolute atomic E-state index is 0.0133. The van der Waals surface area contributed by atoms with Crippen molar-refractivity contribution in [3.63, 3.8) is 0 Å². The molecule has 11 heteroatoms. The Labute approximate surface area is 213 Å². The number of nitrogens with zero attached hydrogens (tertiary/aromatic N) is 3. The van der Waals surface area contributed by atoms with Crippen molar-refractivity contribution in [3.05, 3.63) is 59.9 Å². The molecule has 0 fully saturated rings. The first kappa shape index (κ1) is 29.1. The summed E-state index contributed by atoms with van der Waals surface area (Å²) in [6.45, 7) is 5.19. The molecule has 36 heavy (non-hydrogen) atoms. The molecule has 0 radical (unpaired) electrons. The van der Waals surface area contributed by atoms with Gasteiger partial charge in [-0.2, -0.15) is 12.7 Å². The van der Waals surface area contributed by atoms with Gasteiger partial charge in [0.25, 0.3) is 0 Å². The highest BCUT2D eigenvalue weighted by Crippen LogP contribution is 2.24. The van der Waals surface area contributed by atoms with E-state index in [9.17, 15) is 22.4 Å². The summed E-state index contributed by atoms with van der Waals surface area (Å²) in [5, 5.41) is 2.81. The number of benzene rings is 2. The third-order valence-corrected chi connectivity index (χ3v) is 7.28. The van der Waals surface area contributed by atoms with Gasteiger partial charge in [0.1, 0.15) is 24.2 Å². The number of para-hydroxylation sites is 1. The van der Waals surface area contributed by atoms with Crippen molar-refractivity contribution >= 4 is 27.7 Å². The van der Waals surface area contributed by atoms with Gasteiger partial charge in [-0.3, -0.25) is 9.59 Å². The summed E-state index contributed by atoms with van der Waals surface area (Å²) in [7, 11) is -0.129. The molecule has 0 saturated heterocycles. The number of rotatable bonds is 12. The van der Waals surface area contributed by atoms with Crippen LogP contribution in [0.5, 0.6) is 5.75 Å². The van der Waals surface area contributed by atoms with Gasteiger partial charge in [0.15, 0.2) is 0 Å². The summed E-state index contributed by atoms with van der Waals surface area (Å²) >= 11 is 0. The molecule has 2 rings (SSSR count). The van der Waals surface area contributed by atoms with Gasteiger partial charge in [-0.1, -0.05) is 38.1 Å². The molecule has 0 saturated carbocycles. The highest BCUT2D eigenvalue weighted by molar-refractivity contribution is 7.90. The zero-order chi connectivity index (χ0) is 27.0. The average Bonchev–Trinajstić information content (AvgIpc) is 2.84. The Kier molecular flexibility index (Phi) is 10.2. The number of hydrogen-bond acceptors (Lipinski definition) is 5. The average molecular weight is 523 g/mol. The normalized spacial score (nSPS) is 12.4. The van der Waals surface area contributed by atoms with E-state index in [-0.39, 0.29) is 24.1 Å². The number of nitrogens with one attached hydrogen (secondary N) is 1. The van der Waals surface area contributed by atoms with Crippen LogP contribution in [0.2, 0.25) is 0 Å². The van der Waals surface area contributed by atoms with E-state index in [4.69, 9.17) is 4.74 Å². The summed E-state index contributed by atoms with van der Waals surface area (Å²) in [6, 6.07) is 11.4. The fraction of sp³-hybridized carbons (Fsp3) is 0.440. The maximum absolute atomic E-state index is 14.7. The van der Waals surface area contributed by atoms with Gasteiger partial charge in [0.2, 0.25) is 11.8 Å². The number of carbonyl (C=O) groups excluding carboxylic acids is 2. The second-order valence-electron chi connectivity index (χ2n) is 8.94. The number of halogens is 1. The van der Waals surface area contributed by atoms with Gasteiger partial charge >= 0.3 is 10.2 Å². The lowest BCUT2D eigenvalue weighted by Crippen LogP contribution is -2.52. The highest BCUT2D eigenvalue weighted by Gasteiger charge is 2.33. The zero-order valence-corrected chi connectivity index (χ0v) is 22.4. The fourth-order valence-corrected chi connectivity index (χ4v) is 4.42. The molecule has 0 aliphatic rings. The van der Waals surface area contributed by atoms with Gasteiger partial charge < -0.3 is 15.0 Å². The van der Waals surface area contributed by atoms with E-state index >= 15 is 0 Å². The fourth-order valence-electron chi connectivity index (χ4n) is 3.36. The van der Waals surface area contributed by atoms with Crippen LogP contribution in [-0.2, 0) is 26.3 Å². The number of amides is 2. The monoisotopic (exact) mass is 522 g/mol. The van der Waals surface area contributed by atoms with Crippen LogP contribution >= 0.6 is 0 Å². The third-order valence-electron chi connectivity index (χ3n) is 5.48. The van der Waals surface area contributed by atoms with Crippen molar-refractivity contribution in [3.8, 4) is 5.75 Å². The van der Waals surface area contributed by atoms with E-state index in [1.807, 2.05) is 13.8 Å². The molecule has 198 valence electrons. The van der Waals surface area contributed by atoms with Crippen LogP contribution in [0, 0.1) is 11.7 Å². The van der Waals surface area contributed by atoms with Crippen molar-refractivity contribution < 1.29 is 27.1 Å². The van der Waals surface area contributed by atoms with Crippen LogP contribution in [-0.4, -0.2) is 69.8 Å². The number of carbonyl (C=O) groups is 2. The summed E-state index contributed by atoms with van der Waals surface area (Å²) in [4.78, 5) is 27.8. The molecule has 0 aromatic heterocycles. The predicted octanol–water partition coefficient (Wildman–Crippen LogP) is 2.64. The van der Waals surface area contributed by atoms with E-state index in [1.165, 1.54) is 44.3 Å². The first-order valence-electron chi connectivity index (χ1n) is 11.5. The minimum atomic E-state index is -4.24. The lowest BCUT2D eigenvalue weighted by atomic mass is 10.1. The molecule has 0 bridgehead atoms. The Hall–Kier alpha value is -3.18. The molecule has 0 unspecified atom stereocenters. The quantitative estimate of drug-likeness (QED) is 0.462. The molecule has 9 nitrogen and oxygen atoms in total. The highest BCUT2D eigenvalue weighted by atomic mass is 32.2. The molecule has 2 aromatic rings. The molecule has 0 spiro atoms. The number of anilines is 1. The predicted molar refractivity (Wildman–Crippen MR) is 137 cm³/mol. The van der Waals surface area contributed by atoms with Crippen LogP contribution in [0.3, 0.4) is 0 Å². The Bertz CT molecular complexity index is 1160. The van der Waals surface area contributed by atoms with Crippen LogP contribution in [0.15, 0.2) is 48.5 Å². The molecule has 1 atom stereocenters. The second kappa shape index (κ2) is 12.7. The van der Waals surface area contributed by atoms with Crippen molar-refractivity contribution in [2.75, 3.05) is 38.6 Å². The Morgan fingerprint density at radius 2 is 1.72 bits per heavy atom. The molecule has 0 aliphatic heterocycles. The van der Waals surface area contributed by atoms with Crippen molar-refractivity contribution in [1.29, 1.82) is 0 Å². The molecular formula is C25H35FN4O5S. The summed E-state index contributed by atoms with van der Waals surface area (Å²) in [6.07, 6.45) is 0. The smallest absolute Gasteiger partial charge is 0.304 e. The van der Waals surface area contributed by atoms with Crippen LogP contribution in [0.4, 0.5) is 10.1 Å². The zero-order valence-electron chi connectivity index (χ0n) is 21.6. The SMILES string of the molecule is COc1cccc(CN(C(=O)CN(c2ccccc2F)S(=O)(=O)N(C)C)[C@@H](C)C(=O)NCC(C)C)c1. The maximum Gasteiger partial charge on any atom is 0.304 e. The first-order valence-corrected chi connectivity index (χ1v) is 12.9. The summed E-state index contributed by atoms with van der Waals surface area (Å²) < 4.78 is 47.7. The number of hydrogen-bond donors (Lipinski definition) is 1. The lowest BCUT2D eigenvalue weighted by molar-refractivity contribution is -0.139. The molecule has 1 N–H and O–H groups in total. The van der Waals surface area contributed by atoms with Gasteiger partial charge in [0, 0.05) is 27.2 Å². The third kappa shape index (κ3) is 7.41. The van der Waals surface area contributed by atoms with E-state index in [1.54, 1.807) is 31.2 Å². The minimum Gasteiger partial charge on any atom is -0.497 e. The molecule has 2 aromatic carbocycles. The van der Waals surface area contributed by atoms with Crippen molar-refractivity contribution in [2.45, 2.75) is 33.4 Å². The second-order valence-corrected chi connectivity index (χ2v) is 11.0. The van der Waals surface area contributed by atoms with E-state index < -0.39 is 34.5 Å². The number of methoxy groups -OCH3 is 1. The summed E-state index contributed by atoms with van der Waals surface area (Å²) in [5.74, 6) is -1.07. The maximum atomic E-state index is 14.7. The van der Waals surface area contributed by atoms with E-state index in [0.717, 1.165) is 10.4 Å². The Morgan fingerprint density at radius 3 is 2.31 bits per heavy atom. The van der Waals surface area contributed by atoms with Gasteiger partial charge in [-0.15, -0.1) is 0 Å². The van der Waals surface area contributed by atoms with Gasteiger partial charge in [-0.25, -0.2) is 8.70 Å². The van der Waals surface area contributed by atoms with Gasteiger partial charge in [0.05, 0.1) is 12.8 Å². The molecular weight excluding hydrogens is 487 g/mol. The van der Waals surface area contributed by atoms with Crippen molar-refractivity contribution in [1.82, 2.24) is 14.5 Å². The summed E-state index contributed by atoms with van der Waals surface area (Å²) in [5.41, 5.74) is 0.414. The largest absolute Gasteiger partial charge is 0.497 e. The Balaban J connectivity index is 2.46. The van der Waals surface area contributed by atoms with Gasteiger partial charge in [-0.05, 0) is 42.7 Å². The topological polar surface area (TPSA) is 99.3 Å². The molecule has 2 amide bonds. The Morgan fingerprint density at radius 1 is 1.06 bits per heavy atom. The standard InChI is InChI=1S/C25H35FN4O5S/c1-18(2)15-27-25(32)19(3)29(16-20-10-9-11-21(14-20)35-6)24(31)17-30(36(33,34)28(4)5)23-13-8-7-12-22(23)26/h7-14,18-19H,15-17H2,1-6H3,(H,27,32)/t19-/m0/s1. The van der Waals surface area contributed by atoms with Crippen LogP contribution in [0.1, 0.15) is 26.3 Å². The van der Waals surface area contributed by atoms with Crippen LogP contribution < -0.4 is 14.4 Å². The van der Waals surface area contributed by atoms with E-state index in [0.29, 0.717) is 22.2 Å². The van der Waals surface area contributed by atoms with E-state index in [2.05, 4.69) is 5.32 Å². The molecule has 0 aliphatic carbocycles. The lowest BCUT2D eigenvalue weighted by Gasteiger charge is -2.33. The van der Waals surface area contributed by atoms with Crippen molar-refractivity contribution in [2.24, 2.45) is 5.92 Å². The van der Waals surface area contributed by atoms with Crippen LogP contribution in [0.25, 0.3) is 0 Å².